The van der Waals surface area contributed by atoms with Gasteiger partial charge in [0.2, 0.25) is 0 Å². The second-order valence-corrected chi connectivity index (χ2v) is 8.85. The number of halogens is 2. The Morgan fingerprint density at radius 3 is 2.41 bits per heavy atom. The van der Waals surface area contributed by atoms with E-state index in [1.165, 1.54) is 12.0 Å². The molecule has 27 heavy (non-hydrogen) atoms. The van der Waals surface area contributed by atoms with Crippen molar-refractivity contribution in [1.82, 2.24) is 5.32 Å². The van der Waals surface area contributed by atoms with Crippen LogP contribution < -0.4 is 5.32 Å². The Hall–Kier alpha value is -0.970. The Balaban J connectivity index is 2.04. The molecule has 0 heterocycles. The minimum atomic E-state index is -0.616. The summed E-state index contributed by atoms with van der Waals surface area (Å²) in [7, 11) is 0. The van der Waals surface area contributed by atoms with Crippen molar-refractivity contribution in [3.8, 4) is 0 Å². The summed E-state index contributed by atoms with van der Waals surface area (Å²) in [5.74, 6) is 0.551. The molecule has 1 fully saturated rings. The van der Waals surface area contributed by atoms with Crippen LogP contribution in [0.4, 0.5) is 4.79 Å². The molecule has 0 aromatic heterocycles. The first kappa shape index (κ1) is 22.3. The Morgan fingerprint density at radius 2 is 1.89 bits per heavy atom. The van der Waals surface area contributed by atoms with Crippen LogP contribution in [0.25, 0.3) is 0 Å². The lowest BCUT2D eigenvalue weighted by Crippen LogP contribution is -2.54. The number of hydrogen-bond acceptors (Lipinski definition) is 4. The van der Waals surface area contributed by atoms with Crippen molar-refractivity contribution in [1.29, 1.82) is 0 Å². The van der Waals surface area contributed by atoms with Crippen LogP contribution in [0.5, 0.6) is 0 Å². The molecule has 0 bridgehead atoms. The van der Waals surface area contributed by atoms with Gasteiger partial charge in [-0.15, -0.1) is 0 Å². The second kappa shape index (κ2) is 9.99. The van der Waals surface area contributed by atoms with Crippen LogP contribution in [-0.4, -0.2) is 31.5 Å². The highest BCUT2D eigenvalue weighted by Crippen LogP contribution is 2.49. The van der Waals surface area contributed by atoms with Crippen LogP contribution in [0.15, 0.2) is 18.2 Å². The fourth-order valence-electron chi connectivity index (χ4n) is 3.77. The van der Waals surface area contributed by atoms with E-state index >= 15 is 0 Å². The van der Waals surface area contributed by atoms with Crippen molar-refractivity contribution in [3.05, 3.63) is 33.8 Å². The molecule has 1 aromatic carbocycles. The summed E-state index contributed by atoms with van der Waals surface area (Å²) < 4.78 is 10.1. The first-order valence-electron chi connectivity index (χ1n) is 9.77. The van der Waals surface area contributed by atoms with Gasteiger partial charge in [-0.25, -0.2) is 4.79 Å². The highest BCUT2D eigenvalue weighted by atomic mass is 35.5. The molecule has 6 heteroatoms. The topological polar surface area (TPSA) is 47.6 Å². The van der Waals surface area contributed by atoms with E-state index in [-0.39, 0.29) is 24.2 Å². The summed E-state index contributed by atoms with van der Waals surface area (Å²) in [6.07, 6.45) is 3.68. The maximum atomic E-state index is 11.5. The fraction of sp³-hybridized carbons (Fsp3) is 0.667. The van der Waals surface area contributed by atoms with E-state index in [9.17, 15) is 4.79 Å². The van der Waals surface area contributed by atoms with E-state index < -0.39 is 6.16 Å². The smallest absolute Gasteiger partial charge is 0.433 e. The van der Waals surface area contributed by atoms with Crippen molar-refractivity contribution >= 4 is 29.4 Å². The summed E-state index contributed by atoms with van der Waals surface area (Å²) in [6.45, 7) is 8.94. The van der Waals surface area contributed by atoms with Crippen molar-refractivity contribution in [2.24, 2.45) is 5.92 Å². The highest BCUT2D eigenvalue weighted by Gasteiger charge is 2.45. The molecule has 0 aliphatic heterocycles. The minimum absolute atomic E-state index is 0.0525. The molecule has 0 spiro atoms. The molecule has 1 atom stereocenters. The molecule has 1 aromatic rings. The predicted octanol–water partition coefficient (Wildman–Crippen LogP) is 5.98. The van der Waals surface area contributed by atoms with Gasteiger partial charge < -0.3 is 14.8 Å². The number of benzene rings is 1. The van der Waals surface area contributed by atoms with Gasteiger partial charge in [0, 0.05) is 18.0 Å². The van der Waals surface area contributed by atoms with E-state index in [0.717, 1.165) is 19.3 Å². The van der Waals surface area contributed by atoms with Gasteiger partial charge in [-0.05, 0) is 56.7 Å². The van der Waals surface area contributed by atoms with Gasteiger partial charge >= 0.3 is 6.16 Å². The molecule has 1 aliphatic rings. The zero-order valence-corrected chi connectivity index (χ0v) is 18.2. The van der Waals surface area contributed by atoms with Crippen LogP contribution in [0, 0.1) is 5.92 Å². The minimum Gasteiger partial charge on any atom is -0.433 e. The highest BCUT2D eigenvalue weighted by molar-refractivity contribution is 6.42. The van der Waals surface area contributed by atoms with Gasteiger partial charge in [-0.2, -0.15) is 0 Å². The molecular formula is C21H31Cl2NO3. The number of carbonyl (C=O) groups is 1. The van der Waals surface area contributed by atoms with Crippen LogP contribution in [0.1, 0.15) is 58.9 Å². The Kier molecular flexibility index (Phi) is 8.26. The van der Waals surface area contributed by atoms with Gasteiger partial charge in [-0.3, -0.25) is 0 Å². The summed E-state index contributed by atoms with van der Waals surface area (Å²) in [4.78, 5) is 11.5. The molecule has 1 aliphatic carbocycles. The van der Waals surface area contributed by atoms with E-state index in [2.05, 4.69) is 25.2 Å². The quantitative estimate of drug-likeness (QED) is 0.397. The average molecular weight is 416 g/mol. The van der Waals surface area contributed by atoms with Crippen LogP contribution >= 0.6 is 23.2 Å². The third-order valence-corrected chi connectivity index (χ3v) is 5.90. The lowest BCUT2D eigenvalue weighted by atomic mass is 9.59. The average Bonchev–Trinajstić information content (AvgIpc) is 2.52. The van der Waals surface area contributed by atoms with Gasteiger partial charge in [0.05, 0.1) is 16.1 Å². The van der Waals surface area contributed by atoms with Crippen molar-refractivity contribution < 1.29 is 14.3 Å². The van der Waals surface area contributed by atoms with E-state index in [4.69, 9.17) is 32.7 Å². The number of nitrogens with one attached hydrogen (secondary N) is 1. The zero-order chi connectivity index (χ0) is 20.0. The lowest BCUT2D eigenvalue weighted by molar-refractivity contribution is 0.0334. The third kappa shape index (κ3) is 6.00. The normalized spacial score (nSPS) is 16.9. The van der Waals surface area contributed by atoms with E-state index in [1.807, 2.05) is 12.1 Å². The van der Waals surface area contributed by atoms with Crippen LogP contribution in [0.3, 0.4) is 0 Å². The summed E-state index contributed by atoms with van der Waals surface area (Å²) in [6, 6.07) is 6.28. The van der Waals surface area contributed by atoms with Crippen molar-refractivity contribution in [2.75, 3.05) is 13.2 Å². The van der Waals surface area contributed by atoms with E-state index in [0.29, 0.717) is 22.5 Å². The molecule has 1 saturated carbocycles. The van der Waals surface area contributed by atoms with Crippen LogP contribution in [-0.2, 0) is 14.9 Å². The summed E-state index contributed by atoms with van der Waals surface area (Å²) >= 11 is 12.4. The fourth-order valence-corrected chi connectivity index (χ4v) is 4.07. The van der Waals surface area contributed by atoms with Crippen molar-refractivity contribution in [3.63, 3.8) is 0 Å². The number of ether oxygens (including phenoxy) is 2. The first-order chi connectivity index (χ1) is 12.7. The largest absolute Gasteiger partial charge is 0.508 e. The maximum absolute atomic E-state index is 11.5. The van der Waals surface area contributed by atoms with Gasteiger partial charge in [0.1, 0.15) is 6.61 Å². The second-order valence-electron chi connectivity index (χ2n) is 8.04. The lowest BCUT2D eigenvalue weighted by Gasteiger charge is -2.49. The molecule has 0 amide bonds. The molecule has 2 rings (SSSR count). The SMILES string of the molecule is CC(C)CC(NCCOC(=O)OC(C)C)C1(c2ccc(Cl)c(Cl)c2)CCC1. The number of rotatable bonds is 9. The molecule has 1 unspecified atom stereocenters. The molecule has 0 radical (unpaired) electrons. The summed E-state index contributed by atoms with van der Waals surface area (Å²) in [5.41, 5.74) is 1.29. The predicted molar refractivity (Wildman–Crippen MR) is 111 cm³/mol. The molecule has 0 saturated heterocycles. The standard InChI is InChI=1S/C21H31Cl2NO3/c1-14(2)12-19(24-10-11-26-20(25)27-15(3)4)21(8-5-9-21)16-6-7-17(22)18(23)13-16/h6-7,13-15,19,24H,5,8-12H2,1-4H3. The molecule has 152 valence electrons. The Morgan fingerprint density at radius 1 is 1.19 bits per heavy atom. The van der Waals surface area contributed by atoms with E-state index in [1.54, 1.807) is 13.8 Å². The van der Waals surface area contributed by atoms with Gasteiger partial charge in [-0.1, -0.05) is 49.5 Å². The zero-order valence-electron chi connectivity index (χ0n) is 16.7. The third-order valence-electron chi connectivity index (χ3n) is 5.16. The molecular weight excluding hydrogens is 385 g/mol. The van der Waals surface area contributed by atoms with Crippen LogP contribution in [0.2, 0.25) is 10.0 Å². The summed E-state index contributed by atoms with van der Waals surface area (Å²) in [5, 5.41) is 4.81. The Labute approximate surface area is 172 Å². The Bertz CT molecular complexity index is 630. The maximum Gasteiger partial charge on any atom is 0.508 e. The number of carbonyl (C=O) groups excluding carboxylic acids is 1. The first-order valence-corrected chi connectivity index (χ1v) is 10.5. The number of hydrogen-bond donors (Lipinski definition) is 1. The van der Waals surface area contributed by atoms with Crippen molar-refractivity contribution in [2.45, 2.75) is 70.9 Å². The molecule has 1 N–H and O–H groups in total. The molecule has 4 nitrogen and oxygen atoms in total. The monoisotopic (exact) mass is 415 g/mol. The van der Waals surface area contributed by atoms with Gasteiger partial charge in [0.25, 0.3) is 0 Å². The van der Waals surface area contributed by atoms with Gasteiger partial charge in [0.15, 0.2) is 0 Å².